The number of methoxy groups -OCH3 is 2. The molecule has 0 saturated carbocycles. The lowest BCUT2D eigenvalue weighted by molar-refractivity contribution is -0.115. The van der Waals surface area contributed by atoms with Crippen LogP contribution in [0.15, 0.2) is 59.8 Å². The maximum atomic E-state index is 12.3. The summed E-state index contributed by atoms with van der Waals surface area (Å²) in [5.41, 5.74) is 8.49. The number of rotatable bonds is 5. The molecule has 0 aliphatic carbocycles. The van der Waals surface area contributed by atoms with E-state index < -0.39 is 11.9 Å². The standard InChI is InChI=1S/C21H21N5O3/c1-12-17(19(22)27)18(13-4-8-15(28-2)9-5-13)26-21(23-12)24-20(25-26)14-6-10-16(29-3)11-7-14/h4-11,18H,1-3H3,(H2,22,27)(H,23,24,25)/t18-/m1/s1. The second-order valence-electron chi connectivity index (χ2n) is 6.64. The van der Waals surface area contributed by atoms with Gasteiger partial charge in [0.2, 0.25) is 11.9 Å². The number of anilines is 1. The first-order valence-corrected chi connectivity index (χ1v) is 9.04. The molecule has 0 saturated heterocycles. The summed E-state index contributed by atoms with van der Waals surface area (Å²) in [5, 5.41) is 7.82. The number of ether oxygens (including phenoxy) is 2. The minimum Gasteiger partial charge on any atom is -0.497 e. The summed E-state index contributed by atoms with van der Waals surface area (Å²) in [5.74, 6) is 2.04. The van der Waals surface area contributed by atoms with E-state index in [0.717, 1.165) is 22.6 Å². The molecular weight excluding hydrogens is 370 g/mol. The first-order chi connectivity index (χ1) is 14.0. The van der Waals surface area contributed by atoms with E-state index in [1.807, 2.05) is 55.5 Å². The molecule has 1 atom stereocenters. The number of allylic oxidation sites excluding steroid dienone is 1. The molecule has 2 aromatic carbocycles. The largest absolute Gasteiger partial charge is 0.497 e. The van der Waals surface area contributed by atoms with Crippen molar-refractivity contribution in [1.82, 2.24) is 14.8 Å². The van der Waals surface area contributed by atoms with Crippen molar-refractivity contribution in [1.29, 1.82) is 0 Å². The summed E-state index contributed by atoms with van der Waals surface area (Å²) >= 11 is 0. The molecule has 1 aliphatic heterocycles. The summed E-state index contributed by atoms with van der Waals surface area (Å²) in [6.45, 7) is 1.81. The van der Waals surface area contributed by atoms with Gasteiger partial charge in [0.25, 0.3) is 0 Å². The van der Waals surface area contributed by atoms with Crippen LogP contribution >= 0.6 is 0 Å². The molecule has 1 amide bonds. The molecule has 8 nitrogen and oxygen atoms in total. The topological polar surface area (TPSA) is 104 Å². The molecule has 1 aliphatic rings. The van der Waals surface area contributed by atoms with E-state index in [9.17, 15) is 4.79 Å². The molecule has 4 rings (SSSR count). The van der Waals surface area contributed by atoms with Crippen LogP contribution in [-0.4, -0.2) is 34.9 Å². The Morgan fingerprint density at radius 2 is 1.62 bits per heavy atom. The lowest BCUT2D eigenvalue weighted by Gasteiger charge is -2.27. The van der Waals surface area contributed by atoms with Gasteiger partial charge in [-0.3, -0.25) is 4.79 Å². The number of nitrogens with one attached hydrogen (secondary N) is 1. The molecule has 148 valence electrons. The van der Waals surface area contributed by atoms with Gasteiger partial charge < -0.3 is 20.5 Å². The number of hydrogen-bond donors (Lipinski definition) is 2. The van der Waals surface area contributed by atoms with Gasteiger partial charge in [-0.2, -0.15) is 4.98 Å². The molecule has 3 N–H and O–H groups in total. The van der Waals surface area contributed by atoms with Crippen LogP contribution in [0.1, 0.15) is 18.5 Å². The zero-order valence-corrected chi connectivity index (χ0v) is 16.3. The van der Waals surface area contributed by atoms with Crippen molar-refractivity contribution in [3.8, 4) is 22.9 Å². The lowest BCUT2D eigenvalue weighted by atomic mass is 9.95. The Labute approximate surface area is 168 Å². The van der Waals surface area contributed by atoms with Crippen molar-refractivity contribution in [2.45, 2.75) is 13.0 Å². The molecule has 2 heterocycles. The number of carbonyl (C=O) groups excluding carboxylic acids is 1. The monoisotopic (exact) mass is 391 g/mol. The van der Waals surface area contributed by atoms with Gasteiger partial charge in [0.1, 0.15) is 17.5 Å². The van der Waals surface area contributed by atoms with Crippen LogP contribution < -0.4 is 20.5 Å². The first-order valence-electron chi connectivity index (χ1n) is 9.04. The van der Waals surface area contributed by atoms with E-state index in [2.05, 4.69) is 15.4 Å². The number of primary amides is 1. The van der Waals surface area contributed by atoms with Crippen LogP contribution in [0, 0.1) is 0 Å². The number of carbonyl (C=O) groups is 1. The van der Waals surface area contributed by atoms with Gasteiger partial charge in [-0.15, -0.1) is 5.10 Å². The van der Waals surface area contributed by atoms with Crippen LogP contribution in [0.2, 0.25) is 0 Å². The van der Waals surface area contributed by atoms with Gasteiger partial charge in [0, 0.05) is 11.3 Å². The summed E-state index contributed by atoms with van der Waals surface area (Å²) in [7, 11) is 3.22. The molecule has 3 aromatic rings. The van der Waals surface area contributed by atoms with Crippen LogP contribution in [-0.2, 0) is 4.79 Å². The molecule has 0 spiro atoms. The van der Waals surface area contributed by atoms with Crippen molar-refractivity contribution in [3.05, 3.63) is 65.4 Å². The Bertz CT molecular complexity index is 1080. The fraction of sp³-hybridized carbons (Fsp3) is 0.190. The minimum absolute atomic E-state index is 0.439. The highest BCUT2D eigenvalue weighted by Gasteiger charge is 2.33. The highest BCUT2D eigenvalue weighted by atomic mass is 16.5. The second-order valence-corrected chi connectivity index (χ2v) is 6.64. The maximum absolute atomic E-state index is 12.3. The van der Waals surface area contributed by atoms with E-state index in [1.54, 1.807) is 18.9 Å². The minimum atomic E-state index is -0.511. The molecule has 0 fully saturated rings. The third-order valence-corrected chi connectivity index (χ3v) is 4.90. The Morgan fingerprint density at radius 3 is 2.17 bits per heavy atom. The number of nitrogens with zero attached hydrogens (tertiary/aromatic N) is 3. The molecule has 29 heavy (non-hydrogen) atoms. The molecular formula is C21H21N5O3. The van der Waals surface area contributed by atoms with E-state index in [0.29, 0.717) is 23.0 Å². The van der Waals surface area contributed by atoms with Gasteiger partial charge in [-0.05, 0) is 48.9 Å². The fourth-order valence-electron chi connectivity index (χ4n) is 3.43. The molecule has 0 radical (unpaired) electrons. The molecule has 1 aromatic heterocycles. The van der Waals surface area contributed by atoms with Crippen LogP contribution in [0.3, 0.4) is 0 Å². The number of hydrogen-bond acceptors (Lipinski definition) is 6. The quantitative estimate of drug-likeness (QED) is 0.693. The Morgan fingerprint density at radius 1 is 1.03 bits per heavy atom. The SMILES string of the molecule is COc1ccc(-c2nc3n(n2)[C@H](c2ccc(OC)cc2)C(C(N)=O)=C(C)N3)cc1. The van der Waals surface area contributed by atoms with Gasteiger partial charge >= 0.3 is 0 Å². The number of aromatic nitrogens is 3. The lowest BCUT2D eigenvalue weighted by Crippen LogP contribution is -2.31. The zero-order chi connectivity index (χ0) is 20.5. The van der Waals surface area contributed by atoms with Crippen molar-refractivity contribution in [3.63, 3.8) is 0 Å². The molecule has 8 heteroatoms. The average molecular weight is 391 g/mol. The van der Waals surface area contributed by atoms with E-state index in [-0.39, 0.29) is 0 Å². The average Bonchev–Trinajstić information content (AvgIpc) is 3.16. The zero-order valence-electron chi connectivity index (χ0n) is 16.3. The predicted octanol–water partition coefficient (Wildman–Crippen LogP) is 2.74. The third kappa shape index (κ3) is 3.29. The highest BCUT2D eigenvalue weighted by molar-refractivity contribution is 5.95. The van der Waals surface area contributed by atoms with Gasteiger partial charge in [0.05, 0.1) is 19.8 Å². The maximum Gasteiger partial charge on any atom is 0.248 e. The number of amides is 1. The van der Waals surface area contributed by atoms with Gasteiger partial charge in [0.15, 0.2) is 5.82 Å². The van der Waals surface area contributed by atoms with Crippen molar-refractivity contribution in [2.75, 3.05) is 19.5 Å². The van der Waals surface area contributed by atoms with E-state index in [4.69, 9.17) is 15.2 Å². The number of fused-ring (bicyclic) bond motifs is 1. The van der Waals surface area contributed by atoms with E-state index >= 15 is 0 Å². The Hall–Kier alpha value is -3.81. The van der Waals surface area contributed by atoms with Gasteiger partial charge in [-0.25, -0.2) is 4.68 Å². The van der Waals surface area contributed by atoms with Crippen LogP contribution in [0.5, 0.6) is 11.5 Å². The Kier molecular flexibility index (Phi) is 4.67. The number of benzene rings is 2. The molecule has 0 unspecified atom stereocenters. The van der Waals surface area contributed by atoms with Gasteiger partial charge in [-0.1, -0.05) is 12.1 Å². The summed E-state index contributed by atoms with van der Waals surface area (Å²) in [6.07, 6.45) is 0. The predicted molar refractivity (Wildman–Crippen MR) is 109 cm³/mol. The van der Waals surface area contributed by atoms with Crippen LogP contribution in [0.25, 0.3) is 11.4 Å². The normalized spacial score (nSPS) is 15.5. The van der Waals surface area contributed by atoms with Crippen molar-refractivity contribution < 1.29 is 14.3 Å². The second kappa shape index (κ2) is 7.31. The van der Waals surface area contributed by atoms with Crippen molar-refractivity contribution >= 4 is 11.9 Å². The summed E-state index contributed by atoms with van der Waals surface area (Å²) in [6, 6.07) is 14.4. The smallest absolute Gasteiger partial charge is 0.248 e. The van der Waals surface area contributed by atoms with E-state index in [1.165, 1.54) is 0 Å². The van der Waals surface area contributed by atoms with Crippen molar-refractivity contribution in [2.24, 2.45) is 5.73 Å². The first kappa shape index (κ1) is 18.5. The molecule has 0 bridgehead atoms. The summed E-state index contributed by atoms with van der Waals surface area (Å²) in [4.78, 5) is 16.9. The summed E-state index contributed by atoms with van der Waals surface area (Å²) < 4.78 is 12.1. The highest BCUT2D eigenvalue weighted by Crippen LogP contribution is 2.36. The fourth-order valence-corrected chi connectivity index (χ4v) is 3.43. The number of nitrogens with two attached hydrogens (primary N) is 1. The third-order valence-electron chi connectivity index (χ3n) is 4.90. The Balaban J connectivity index is 1.82. The van der Waals surface area contributed by atoms with Crippen LogP contribution in [0.4, 0.5) is 5.95 Å².